The number of rotatable bonds is 2. The van der Waals surface area contributed by atoms with Gasteiger partial charge in [-0.25, -0.2) is 4.98 Å². The molecule has 1 aliphatic rings. The number of nitrogens with zero attached hydrogens (tertiary/aromatic N) is 1. The van der Waals surface area contributed by atoms with E-state index in [1.54, 1.807) is 0 Å². The Morgan fingerprint density at radius 2 is 2.19 bits per heavy atom. The van der Waals surface area contributed by atoms with Gasteiger partial charge in [-0.15, -0.1) is 0 Å². The van der Waals surface area contributed by atoms with Crippen molar-refractivity contribution in [3.8, 4) is 0 Å². The number of hydrogen-bond acceptors (Lipinski definition) is 3. The molecular formula is C10H12F3N3. The van der Waals surface area contributed by atoms with Crippen LogP contribution in [0.2, 0.25) is 0 Å². The third-order valence-corrected chi connectivity index (χ3v) is 2.50. The normalized spacial score (nSPS) is 21.1. The van der Waals surface area contributed by atoms with Crippen molar-refractivity contribution in [2.24, 2.45) is 0 Å². The lowest BCUT2D eigenvalue weighted by molar-refractivity contribution is -0.137. The van der Waals surface area contributed by atoms with E-state index in [4.69, 9.17) is 0 Å². The molecule has 2 N–H and O–H groups in total. The molecule has 0 aliphatic carbocycles. The van der Waals surface area contributed by atoms with Gasteiger partial charge in [0.25, 0.3) is 0 Å². The lowest BCUT2D eigenvalue weighted by Crippen LogP contribution is -2.22. The molecule has 1 aromatic heterocycles. The molecule has 3 nitrogen and oxygen atoms in total. The van der Waals surface area contributed by atoms with Crippen molar-refractivity contribution in [1.82, 2.24) is 10.3 Å². The quantitative estimate of drug-likeness (QED) is 0.816. The summed E-state index contributed by atoms with van der Waals surface area (Å²) in [6.07, 6.45) is -2.51. The van der Waals surface area contributed by atoms with Crippen LogP contribution < -0.4 is 10.6 Å². The van der Waals surface area contributed by atoms with Crippen molar-refractivity contribution in [3.05, 3.63) is 23.9 Å². The topological polar surface area (TPSA) is 37.0 Å². The molecule has 2 rings (SSSR count). The van der Waals surface area contributed by atoms with Gasteiger partial charge in [-0.2, -0.15) is 13.2 Å². The summed E-state index contributed by atoms with van der Waals surface area (Å²) in [5.41, 5.74) is -0.720. The molecule has 1 aliphatic heterocycles. The molecule has 0 spiro atoms. The molecule has 2 heterocycles. The lowest BCUT2D eigenvalue weighted by Gasteiger charge is -2.12. The van der Waals surface area contributed by atoms with E-state index in [-0.39, 0.29) is 6.04 Å². The van der Waals surface area contributed by atoms with E-state index >= 15 is 0 Å². The summed E-state index contributed by atoms with van der Waals surface area (Å²) in [5, 5.41) is 6.24. The van der Waals surface area contributed by atoms with Crippen LogP contribution in [0.3, 0.4) is 0 Å². The maximum atomic E-state index is 12.3. The van der Waals surface area contributed by atoms with E-state index in [9.17, 15) is 13.2 Å². The fourth-order valence-electron chi connectivity index (χ4n) is 1.63. The Hall–Kier alpha value is -1.30. The minimum absolute atomic E-state index is 0.254. The molecular weight excluding hydrogens is 219 g/mol. The maximum Gasteiger partial charge on any atom is 0.417 e. The van der Waals surface area contributed by atoms with Crippen molar-refractivity contribution in [2.45, 2.75) is 18.6 Å². The van der Waals surface area contributed by atoms with E-state index in [2.05, 4.69) is 15.6 Å². The highest BCUT2D eigenvalue weighted by molar-refractivity contribution is 5.37. The van der Waals surface area contributed by atoms with E-state index in [1.807, 2.05) is 0 Å². The van der Waals surface area contributed by atoms with Crippen LogP contribution in [0.5, 0.6) is 0 Å². The van der Waals surface area contributed by atoms with Gasteiger partial charge >= 0.3 is 6.18 Å². The number of nitrogens with one attached hydrogen (secondary N) is 2. The zero-order valence-electron chi connectivity index (χ0n) is 8.51. The summed E-state index contributed by atoms with van der Waals surface area (Å²) >= 11 is 0. The Kier molecular flexibility index (Phi) is 3.00. The van der Waals surface area contributed by atoms with Crippen LogP contribution in [0, 0.1) is 0 Å². The van der Waals surface area contributed by atoms with Gasteiger partial charge in [-0.05, 0) is 25.1 Å². The minimum Gasteiger partial charge on any atom is -0.366 e. The molecule has 1 saturated heterocycles. The van der Waals surface area contributed by atoms with Crippen molar-refractivity contribution in [3.63, 3.8) is 0 Å². The molecule has 1 aromatic rings. The third kappa shape index (κ3) is 2.63. The second kappa shape index (κ2) is 4.29. The highest BCUT2D eigenvalue weighted by atomic mass is 19.4. The summed E-state index contributed by atoms with van der Waals surface area (Å²) < 4.78 is 36.8. The van der Waals surface area contributed by atoms with Crippen LogP contribution in [-0.2, 0) is 6.18 Å². The van der Waals surface area contributed by atoms with Crippen LogP contribution in [0.25, 0.3) is 0 Å². The summed E-state index contributed by atoms with van der Waals surface area (Å²) in [6.45, 7) is 1.75. The average Bonchev–Trinajstić information content (AvgIpc) is 2.70. The molecule has 0 saturated carbocycles. The van der Waals surface area contributed by atoms with Gasteiger partial charge < -0.3 is 10.6 Å². The van der Waals surface area contributed by atoms with Crippen molar-refractivity contribution < 1.29 is 13.2 Å². The van der Waals surface area contributed by atoms with Gasteiger partial charge in [0.15, 0.2) is 0 Å². The fourth-order valence-corrected chi connectivity index (χ4v) is 1.63. The Labute approximate surface area is 91.1 Å². The number of pyridine rings is 1. The van der Waals surface area contributed by atoms with Crippen LogP contribution >= 0.6 is 0 Å². The second-order valence-electron chi connectivity index (χ2n) is 3.76. The van der Waals surface area contributed by atoms with Gasteiger partial charge in [-0.1, -0.05) is 0 Å². The molecule has 16 heavy (non-hydrogen) atoms. The summed E-state index contributed by atoms with van der Waals surface area (Å²) in [7, 11) is 0. The number of hydrogen-bond donors (Lipinski definition) is 2. The van der Waals surface area contributed by atoms with Crippen molar-refractivity contribution >= 4 is 5.82 Å². The standard InChI is InChI=1S/C10H12F3N3/c11-10(12,13)7-1-2-9(15-5-7)16-8-3-4-14-6-8/h1-2,5,8,14H,3-4,6H2,(H,15,16)/t8-/m0/s1. The molecule has 0 unspecified atom stereocenters. The Balaban J connectivity index is 2.01. The predicted octanol–water partition coefficient (Wildman–Crippen LogP) is 1.87. The van der Waals surface area contributed by atoms with Gasteiger partial charge in [0, 0.05) is 18.8 Å². The number of halogens is 3. The Morgan fingerprint density at radius 3 is 2.69 bits per heavy atom. The van der Waals surface area contributed by atoms with Gasteiger partial charge in [0.05, 0.1) is 5.56 Å². The van der Waals surface area contributed by atoms with Gasteiger partial charge in [0.1, 0.15) is 5.82 Å². The van der Waals surface area contributed by atoms with E-state index < -0.39 is 11.7 Å². The predicted molar refractivity (Wildman–Crippen MR) is 54.1 cm³/mol. The lowest BCUT2D eigenvalue weighted by atomic mass is 10.2. The summed E-state index contributed by atoms with van der Waals surface area (Å²) in [4.78, 5) is 3.75. The van der Waals surface area contributed by atoms with E-state index in [1.165, 1.54) is 6.07 Å². The molecule has 0 radical (unpaired) electrons. The highest BCUT2D eigenvalue weighted by Crippen LogP contribution is 2.28. The molecule has 1 atom stereocenters. The Bertz CT molecular complexity index is 341. The summed E-state index contributed by atoms with van der Waals surface area (Å²) in [5.74, 6) is 0.488. The van der Waals surface area contributed by atoms with E-state index in [0.717, 1.165) is 31.8 Å². The molecule has 6 heteroatoms. The molecule has 0 bridgehead atoms. The monoisotopic (exact) mass is 231 g/mol. The number of alkyl halides is 3. The first-order valence-corrected chi connectivity index (χ1v) is 5.06. The van der Waals surface area contributed by atoms with Crippen LogP contribution in [0.1, 0.15) is 12.0 Å². The largest absolute Gasteiger partial charge is 0.417 e. The summed E-state index contributed by atoms with van der Waals surface area (Å²) in [6, 6.07) is 2.66. The van der Waals surface area contributed by atoms with Crippen molar-refractivity contribution in [2.75, 3.05) is 18.4 Å². The van der Waals surface area contributed by atoms with Crippen LogP contribution in [0.15, 0.2) is 18.3 Å². The Morgan fingerprint density at radius 1 is 1.38 bits per heavy atom. The first-order valence-electron chi connectivity index (χ1n) is 5.06. The average molecular weight is 231 g/mol. The minimum atomic E-state index is -4.32. The first-order chi connectivity index (χ1) is 7.55. The SMILES string of the molecule is FC(F)(F)c1ccc(N[C@H]2CCNC2)nc1. The second-order valence-corrected chi connectivity index (χ2v) is 3.76. The van der Waals surface area contributed by atoms with Gasteiger partial charge in [-0.3, -0.25) is 0 Å². The zero-order valence-corrected chi connectivity index (χ0v) is 8.51. The molecule has 88 valence electrons. The fraction of sp³-hybridized carbons (Fsp3) is 0.500. The van der Waals surface area contributed by atoms with Gasteiger partial charge in [0.2, 0.25) is 0 Å². The number of anilines is 1. The smallest absolute Gasteiger partial charge is 0.366 e. The van der Waals surface area contributed by atoms with E-state index in [0.29, 0.717) is 5.82 Å². The molecule has 1 fully saturated rings. The third-order valence-electron chi connectivity index (χ3n) is 2.50. The first kappa shape index (κ1) is 11.2. The van der Waals surface area contributed by atoms with Crippen LogP contribution in [0.4, 0.5) is 19.0 Å². The molecule has 0 amide bonds. The highest BCUT2D eigenvalue weighted by Gasteiger charge is 2.30. The van der Waals surface area contributed by atoms with Crippen molar-refractivity contribution in [1.29, 1.82) is 0 Å². The zero-order chi connectivity index (χ0) is 11.6. The number of aromatic nitrogens is 1. The maximum absolute atomic E-state index is 12.3. The van der Waals surface area contributed by atoms with Crippen LogP contribution in [-0.4, -0.2) is 24.1 Å². The molecule has 0 aromatic carbocycles.